The van der Waals surface area contributed by atoms with E-state index in [0.717, 1.165) is 24.2 Å². The van der Waals surface area contributed by atoms with Crippen LogP contribution >= 0.6 is 22.9 Å². The van der Waals surface area contributed by atoms with Crippen molar-refractivity contribution in [3.05, 3.63) is 51.9 Å². The average Bonchev–Trinajstić information content (AvgIpc) is 3.10. The monoisotopic (exact) mass is 357 g/mol. The number of sulfonamides is 1. The number of hydrogen-bond acceptors (Lipinski definition) is 4. The Hall–Kier alpha value is -0.920. The fourth-order valence-corrected chi connectivity index (χ4v) is 5.65. The Morgan fingerprint density at radius 2 is 1.86 bits per heavy atom. The van der Waals surface area contributed by atoms with Crippen molar-refractivity contribution < 1.29 is 13.5 Å². The number of aliphatic hydroxyl groups is 1. The van der Waals surface area contributed by atoms with Gasteiger partial charge in [0, 0.05) is 6.04 Å². The molecule has 1 unspecified atom stereocenters. The van der Waals surface area contributed by atoms with E-state index in [2.05, 4.69) is 16.9 Å². The summed E-state index contributed by atoms with van der Waals surface area (Å²) in [5, 5.41) is 9.63. The van der Waals surface area contributed by atoms with Crippen LogP contribution in [0.5, 0.6) is 0 Å². The number of rotatable bonds is 5. The summed E-state index contributed by atoms with van der Waals surface area (Å²) < 4.78 is 28.0. The molecule has 0 fully saturated rings. The lowest BCUT2D eigenvalue weighted by atomic mass is 9.98. The van der Waals surface area contributed by atoms with E-state index in [9.17, 15) is 13.5 Å². The van der Waals surface area contributed by atoms with Crippen LogP contribution in [-0.4, -0.2) is 26.2 Å². The van der Waals surface area contributed by atoms with Crippen LogP contribution in [0.1, 0.15) is 11.1 Å². The first-order chi connectivity index (χ1) is 10.5. The molecule has 1 aliphatic carbocycles. The summed E-state index contributed by atoms with van der Waals surface area (Å²) in [6.07, 6.45) is 1.55. The lowest BCUT2D eigenvalue weighted by Gasteiger charge is -2.22. The summed E-state index contributed by atoms with van der Waals surface area (Å²) in [6, 6.07) is 10.6. The summed E-state index contributed by atoms with van der Waals surface area (Å²) in [7, 11) is -3.65. The van der Waals surface area contributed by atoms with Gasteiger partial charge in [0.15, 0.2) is 0 Å². The molecule has 0 bridgehead atoms. The highest BCUT2D eigenvalue weighted by atomic mass is 35.5. The van der Waals surface area contributed by atoms with Gasteiger partial charge in [-0.2, -0.15) is 0 Å². The van der Waals surface area contributed by atoms with Crippen LogP contribution in [0.4, 0.5) is 0 Å². The van der Waals surface area contributed by atoms with Gasteiger partial charge in [0.2, 0.25) is 10.0 Å². The second-order valence-corrected chi connectivity index (χ2v) is 9.06. The van der Waals surface area contributed by atoms with Crippen molar-refractivity contribution in [3.8, 4) is 0 Å². The lowest BCUT2D eigenvalue weighted by Crippen LogP contribution is -2.43. The molecule has 4 nitrogen and oxygen atoms in total. The molecule has 7 heteroatoms. The molecule has 2 aromatic rings. The predicted molar refractivity (Wildman–Crippen MR) is 87.9 cm³/mol. The van der Waals surface area contributed by atoms with Gasteiger partial charge in [-0.1, -0.05) is 35.9 Å². The van der Waals surface area contributed by atoms with E-state index in [-0.39, 0.29) is 16.7 Å². The number of halogens is 1. The fourth-order valence-electron chi connectivity index (χ4n) is 2.86. The van der Waals surface area contributed by atoms with Crippen LogP contribution < -0.4 is 4.72 Å². The zero-order chi connectivity index (χ0) is 15.7. The van der Waals surface area contributed by atoms with Crippen LogP contribution in [0.2, 0.25) is 4.34 Å². The maximum atomic E-state index is 12.4. The van der Waals surface area contributed by atoms with Gasteiger partial charge in [-0.05, 0) is 42.0 Å². The van der Waals surface area contributed by atoms with Gasteiger partial charge in [0.1, 0.15) is 4.21 Å². The Morgan fingerprint density at radius 3 is 2.36 bits per heavy atom. The third kappa shape index (κ3) is 3.21. The third-order valence-corrected chi connectivity index (χ3v) is 7.18. The van der Waals surface area contributed by atoms with Crippen molar-refractivity contribution in [2.75, 3.05) is 6.61 Å². The molecule has 1 heterocycles. The smallest absolute Gasteiger partial charge is 0.250 e. The van der Waals surface area contributed by atoms with Crippen LogP contribution in [0.25, 0.3) is 0 Å². The van der Waals surface area contributed by atoms with Gasteiger partial charge < -0.3 is 5.11 Å². The number of benzene rings is 1. The maximum absolute atomic E-state index is 12.4. The molecule has 2 N–H and O–H groups in total. The second-order valence-electron chi connectivity index (χ2n) is 5.41. The Kier molecular flexibility index (Phi) is 4.56. The van der Waals surface area contributed by atoms with Gasteiger partial charge in [-0.3, -0.25) is 0 Å². The number of fused-ring (bicyclic) bond motifs is 1. The molecule has 118 valence electrons. The topological polar surface area (TPSA) is 66.4 Å². The molecule has 0 saturated heterocycles. The van der Waals surface area contributed by atoms with Gasteiger partial charge in [0.25, 0.3) is 0 Å². The molecular formula is C15H16ClNO3S2. The average molecular weight is 358 g/mol. The van der Waals surface area contributed by atoms with E-state index >= 15 is 0 Å². The zero-order valence-electron chi connectivity index (χ0n) is 11.7. The van der Waals surface area contributed by atoms with E-state index < -0.39 is 16.1 Å². The molecule has 3 rings (SSSR count). The number of aliphatic hydroxyl groups excluding tert-OH is 1. The van der Waals surface area contributed by atoms with Crippen LogP contribution in [0, 0.1) is 5.92 Å². The highest BCUT2D eigenvalue weighted by Crippen LogP contribution is 2.30. The Labute approximate surface area is 138 Å². The first kappa shape index (κ1) is 16.0. The molecule has 0 saturated carbocycles. The van der Waals surface area contributed by atoms with E-state index in [0.29, 0.717) is 4.34 Å². The van der Waals surface area contributed by atoms with Gasteiger partial charge in [-0.25, -0.2) is 13.1 Å². The fraction of sp³-hybridized carbons (Fsp3) is 0.333. The molecule has 0 spiro atoms. The number of hydrogen-bond donors (Lipinski definition) is 2. The molecule has 1 atom stereocenters. The maximum Gasteiger partial charge on any atom is 0.250 e. The van der Waals surface area contributed by atoms with Crippen LogP contribution in [-0.2, 0) is 22.9 Å². The molecule has 0 radical (unpaired) electrons. The van der Waals surface area contributed by atoms with Crippen molar-refractivity contribution in [3.63, 3.8) is 0 Å². The summed E-state index contributed by atoms with van der Waals surface area (Å²) in [4.78, 5) is 0. The van der Waals surface area contributed by atoms with Crippen molar-refractivity contribution in [1.82, 2.24) is 4.72 Å². The van der Waals surface area contributed by atoms with E-state index in [1.165, 1.54) is 17.2 Å². The van der Waals surface area contributed by atoms with E-state index in [1.54, 1.807) is 6.07 Å². The summed E-state index contributed by atoms with van der Waals surface area (Å²) in [5.74, 6) is 0.0626. The SMILES string of the molecule is O=S(=O)(NC(CO)C1Cc2ccccc2C1)c1ccc(Cl)s1. The molecular weight excluding hydrogens is 342 g/mol. The first-order valence-corrected chi connectivity index (χ1v) is 9.62. The molecule has 22 heavy (non-hydrogen) atoms. The van der Waals surface area contributed by atoms with Gasteiger partial charge in [-0.15, -0.1) is 11.3 Å². The normalized spacial score (nSPS) is 16.6. The second kappa shape index (κ2) is 6.29. The Balaban J connectivity index is 1.76. The summed E-state index contributed by atoms with van der Waals surface area (Å²) >= 11 is 6.81. The molecule has 0 aliphatic heterocycles. The van der Waals surface area contributed by atoms with Crippen molar-refractivity contribution in [2.45, 2.75) is 23.1 Å². The minimum Gasteiger partial charge on any atom is -0.395 e. The molecule has 1 aromatic carbocycles. The highest BCUT2D eigenvalue weighted by Gasteiger charge is 2.31. The van der Waals surface area contributed by atoms with Crippen LogP contribution in [0.3, 0.4) is 0 Å². The van der Waals surface area contributed by atoms with Gasteiger partial charge >= 0.3 is 0 Å². The van der Waals surface area contributed by atoms with Crippen LogP contribution in [0.15, 0.2) is 40.6 Å². The molecule has 1 aromatic heterocycles. The highest BCUT2D eigenvalue weighted by molar-refractivity contribution is 7.91. The summed E-state index contributed by atoms with van der Waals surface area (Å²) in [5.41, 5.74) is 2.45. The van der Waals surface area contributed by atoms with Crippen molar-refractivity contribution in [1.29, 1.82) is 0 Å². The van der Waals surface area contributed by atoms with E-state index in [4.69, 9.17) is 11.6 Å². The zero-order valence-corrected chi connectivity index (χ0v) is 14.1. The number of thiophene rings is 1. The minimum atomic E-state index is -3.65. The first-order valence-electron chi connectivity index (χ1n) is 6.95. The molecule has 0 amide bonds. The third-order valence-electron chi connectivity index (χ3n) is 3.97. The lowest BCUT2D eigenvalue weighted by molar-refractivity contribution is 0.217. The molecule has 1 aliphatic rings. The Morgan fingerprint density at radius 1 is 1.23 bits per heavy atom. The standard InChI is InChI=1S/C15H16ClNO3S2/c16-14-5-6-15(21-14)22(19,20)17-13(9-18)12-7-10-3-1-2-4-11(10)8-12/h1-6,12-13,17-18H,7-9H2. The minimum absolute atomic E-state index is 0.0626. The Bertz CT molecular complexity index is 748. The van der Waals surface area contributed by atoms with Crippen molar-refractivity contribution in [2.24, 2.45) is 5.92 Å². The van der Waals surface area contributed by atoms with Crippen molar-refractivity contribution >= 4 is 33.0 Å². The van der Waals surface area contributed by atoms with Gasteiger partial charge in [0.05, 0.1) is 10.9 Å². The predicted octanol–water partition coefficient (Wildman–Crippen LogP) is 2.46. The summed E-state index contributed by atoms with van der Waals surface area (Å²) in [6.45, 7) is -0.225. The number of nitrogens with one attached hydrogen (secondary N) is 1. The largest absolute Gasteiger partial charge is 0.395 e. The quantitative estimate of drug-likeness (QED) is 0.863. The van der Waals surface area contributed by atoms with E-state index in [1.807, 2.05) is 12.1 Å².